The highest BCUT2D eigenvalue weighted by Crippen LogP contribution is 2.24. The Morgan fingerprint density at radius 3 is 2.30 bits per heavy atom. The Labute approximate surface area is 119 Å². The Bertz CT molecular complexity index is 724. The Balaban J connectivity index is 2.36. The first-order chi connectivity index (χ1) is 9.44. The Morgan fingerprint density at radius 2 is 1.70 bits per heavy atom. The van der Waals surface area contributed by atoms with Crippen molar-refractivity contribution in [1.29, 1.82) is 0 Å². The summed E-state index contributed by atoms with van der Waals surface area (Å²) in [5.41, 5.74) is 2.07. The Morgan fingerprint density at radius 1 is 1.00 bits per heavy atom. The van der Waals surface area contributed by atoms with E-state index in [0.29, 0.717) is 17.0 Å². The van der Waals surface area contributed by atoms with Gasteiger partial charge in [0, 0.05) is 0 Å². The maximum absolute atomic E-state index is 12.4. The zero-order valence-corrected chi connectivity index (χ0v) is 12.5. The predicted octanol–water partition coefficient (Wildman–Crippen LogP) is 3.11. The molecule has 1 N–H and O–H groups in total. The van der Waals surface area contributed by atoms with Crippen LogP contribution in [0.5, 0.6) is 5.75 Å². The molecule has 0 spiro atoms. The van der Waals surface area contributed by atoms with Crippen molar-refractivity contribution in [3.63, 3.8) is 0 Å². The summed E-state index contributed by atoms with van der Waals surface area (Å²) in [4.78, 5) is 0.287. The molecule has 0 saturated heterocycles. The molecule has 0 aromatic heterocycles. The molecule has 0 aliphatic carbocycles. The van der Waals surface area contributed by atoms with E-state index in [4.69, 9.17) is 4.74 Å². The molecule has 0 saturated carbocycles. The third kappa shape index (κ3) is 2.93. The number of benzene rings is 2. The van der Waals surface area contributed by atoms with Gasteiger partial charge in [0.15, 0.2) is 0 Å². The number of hydrogen-bond acceptors (Lipinski definition) is 3. The van der Waals surface area contributed by atoms with E-state index in [1.54, 1.807) is 50.4 Å². The van der Waals surface area contributed by atoms with Crippen LogP contribution in [0.15, 0.2) is 47.4 Å². The van der Waals surface area contributed by atoms with Gasteiger partial charge in [-0.05, 0) is 49.2 Å². The molecule has 0 radical (unpaired) electrons. The molecular formula is C15H17NO3S. The molecule has 0 fully saturated rings. The van der Waals surface area contributed by atoms with E-state index < -0.39 is 10.0 Å². The number of methoxy groups -OCH3 is 1. The molecule has 0 aliphatic rings. The van der Waals surface area contributed by atoms with Crippen LogP contribution in [0.4, 0.5) is 5.69 Å². The van der Waals surface area contributed by atoms with Crippen molar-refractivity contribution >= 4 is 15.7 Å². The van der Waals surface area contributed by atoms with Crippen LogP contribution < -0.4 is 9.46 Å². The van der Waals surface area contributed by atoms with E-state index in [1.807, 2.05) is 13.0 Å². The number of hydrogen-bond donors (Lipinski definition) is 1. The lowest BCUT2D eigenvalue weighted by atomic mass is 10.2. The number of rotatable bonds is 4. The molecule has 4 nitrogen and oxygen atoms in total. The zero-order valence-electron chi connectivity index (χ0n) is 11.7. The van der Waals surface area contributed by atoms with Crippen molar-refractivity contribution in [1.82, 2.24) is 0 Å². The lowest BCUT2D eigenvalue weighted by Gasteiger charge is -2.13. The van der Waals surface area contributed by atoms with Crippen molar-refractivity contribution in [3.05, 3.63) is 53.6 Å². The highest BCUT2D eigenvalue weighted by molar-refractivity contribution is 7.92. The van der Waals surface area contributed by atoms with E-state index in [0.717, 1.165) is 5.56 Å². The summed E-state index contributed by atoms with van der Waals surface area (Å²) in [5, 5.41) is 0. The number of ether oxygens (including phenoxy) is 1. The largest absolute Gasteiger partial charge is 0.497 e. The minimum Gasteiger partial charge on any atom is -0.497 e. The molecule has 5 heteroatoms. The van der Waals surface area contributed by atoms with Crippen LogP contribution in [-0.4, -0.2) is 15.5 Å². The fraction of sp³-hybridized carbons (Fsp3) is 0.200. The SMILES string of the molecule is COc1ccc(NS(=O)(=O)c2ccccc2C)c(C)c1. The summed E-state index contributed by atoms with van der Waals surface area (Å²) in [7, 11) is -2.00. The van der Waals surface area contributed by atoms with Gasteiger partial charge in [0.2, 0.25) is 0 Å². The molecule has 2 aromatic rings. The minimum atomic E-state index is -3.58. The van der Waals surface area contributed by atoms with Crippen LogP contribution in [0.1, 0.15) is 11.1 Å². The van der Waals surface area contributed by atoms with Gasteiger partial charge in [-0.15, -0.1) is 0 Å². The molecule has 0 aliphatic heterocycles. The second-order valence-corrected chi connectivity index (χ2v) is 6.20. The molecule has 2 rings (SSSR count). The fourth-order valence-corrected chi connectivity index (χ4v) is 3.31. The normalized spacial score (nSPS) is 11.2. The lowest BCUT2D eigenvalue weighted by molar-refractivity contribution is 0.414. The monoisotopic (exact) mass is 291 g/mol. The van der Waals surface area contributed by atoms with Crippen LogP contribution in [0.2, 0.25) is 0 Å². The lowest BCUT2D eigenvalue weighted by Crippen LogP contribution is -2.14. The zero-order chi connectivity index (χ0) is 14.8. The molecule has 0 amide bonds. The Hall–Kier alpha value is -2.01. The number of sulfonamides is 1. The van der Waals surface area contributed by atoms with Gasteiger partial charge in [-0.1, -0.05) is 18.2 Å². The van der Waals surface area contributed by atoms with Gasteiger partial charge in [-0.3, -0.25) is 4.72 Å². The van der Waals surface area contributed by atoms with Gasteiger partial charge in [-0.2, -0.15) is 0 Å². The highest BCUT2D eigenvalue weighted by atomic mass is 32.2. The molecule has 106 valence electrons. The first-order valence-electron chi connectivity index (χ1n) is 6.17. The van der Waals surface area contributed by atoms with Gasteiger partial charge in [0.25, 0.3) is 10.0 Å². The number of anilines is 1. The fourth-order valence-electron chi connectivity index (χ4n) is 1.94. The third-order valence-electron chi connectivity index (χ3n) is 3.06. The third-order valence-corrected chi connectivity index (χ3v) is 4.59. The quantitative estimate of drug-likeness (QED) is 0.941. The van der Waals surface area contributed by atoms with E-state index in [9.17, 15) is 8.42 Å². The van der Waals surface area contributed by atoms with Crippen LogP contribution >= 0.6 is 0 Å². The maximum atomic E-state index is 12.4. The van der Waals surface area contributed by atoms with Gasteiger partial charge < -0.3 is 4.74 Å². The topological polar surface area (TPSA) is 55.4 Å². The summed E-state index contributed by atoms with van der Waals surface area (Å²) in [5.74, 6) is 0.696. The van der Waals surface area contributed by atoms with E-state index in [2.05, 4.69) is 4.72 Å². The second-order valence-electron chi connectivity index (χ2n) is 4.55. The van der Waals surface area contributed by atoms with Gasteiger partial charge in [0.1, 0.15) is 5.75 Å². The van der Waals surface area contributed by atoms with Crippen molar-refractivity contribution in [2.45, 2.75) is 18.7 Å². The van der Waals surface area contributed by atoms with E-state index in [1.165, 1.54) is 0 Å². The summed E-state index contributed by atoms with van der Waals surface area (Å²) in [6, 6.07) is 12.1. The van der Waals surface area contributed by atoms with Crippen LogP contribution in [0.25, 0.3) is 0 Å². The van der Waals surface area contributed by atoms with Crippen molar-refractivity contribution in [2.24, 2.45) is 0 Å². The summed E-state index contributed by atoms with van der Waals surface area (Å²) in [6.07, 6.45) is 0. The van der Waals surface area contributed by atoms with Crippen molar-refractivity contribution < 1.29 is 13.2 Å². The summed E-state index contributed by atoms with van der Waals surface area (Å²) < 4.78 is 32.5. The maximum Gasteiger partial charge on any atom is 0.262 e. The molecule has 20 heavy (non-hydrogen) atoms. The average molecular weight is 291 g/mol. The summed E-state index contributed by atoms with van der Waals surface area (Å²) >= 11 is 0. The van der Waals surface area contributed by atoms with E-state index >= 15 is 0 Å². The minimum absolute atomic E-state index is 0.287. The van der Waals surface area contributed by atoms with Crippen LogP contribution in [-0.2, 0) is 10.0 Å². The van der Waals surface area contributed by atoms with Crippen LogP contribution in [0.3, 0.4) is 0 Å². The average Bonchev–Trinajstić information content (AvgIpc) is 2.41. The first kappa shape index (κ1) is 14.4. The van der Waals surface area contributed by atoms with E-state index in [-0.39, 0.29) is 4.90 Å². The highest BCUT2D eigenvalue weighted by Gasteiger charge is 2.17. The van der Waals surface area contributed by atoms with Gasteiger partial charge in [-0.25, -0.2) is 8.42 Å². The van der Waals surface area contributed by atoms with Crippen molar-refractivity contribution in [2.75, 3.05) is 11.8 Å². The summed E-state index contributed by atoms with van der Waals surface area (Å²) in [6.45, 7) is 3.60. The van der Waals surface area contributed by atoms with Crippen molar-refractivity contribution in [3.8, 4) is 5.75 Å². The number of aryl methyl sites for hydroxylation is 2. The van der Waals surface area contributed by atoms with Gasteiger partial charge in [0.05, 0.1) is 17.7 Å². The van der Waals surface area contributed by atoms with Crippen LogP contribution in [0, 0.1) is 13.8 Å². The molecule has 2 aromatic carbocycles. The molecule has 0 atom stereocenters. The first-order valence-corrected chi connectivity index (χ1v) is 7.65. The second kappa shape index (κ2) is 5.54. The number of nitrogens with one attached hydrogen (secondary N) is 1. The molecular weight excluding hydrogens is 274 g/mol. The molecule has 0 heterocycles. The predicted molar refractivity (Wildman–Crippen MR) is 79.7 cm³/mol. The molecule has 0 bridgehead atoms. The van der Waals surface area contributed by atoms with Gasteiger partial charge >= 0.3 is 0 Å². The Kier molecular flexibility index (Phi) is 3.99. The standard InChI is InChI=1S/C15H17NO3S/c1-11-6-4-5-7-15(11)20(17,18)16-14-9-8-13(19-3)10-12(14)2/h4-10,16H,1-3H3. The smallest absolute Gasteiger partial charge is 0.262 e. The molecule has 0 unspecified atom stereocenters.